The number of aliphatic hydroxyl groups excluding tert-OH is 1. The third-order valence-corrected chi connectivity index (χ3v) is 5.78. The molecule has 3 rings (SSSR count). The first-order valence-corrected chi connectivity index (χ1v) is 9.40. The molecular weight excluding hydrogens is 320 g/mol. The summed E-state index contributed by atoms with van der Waals surface area (Å²) in [4.78, 5) is 17.8. The molecule has 0 bridgehead atoms. The van der Waals surface area contributed by atoms with Crippen molar-refractivity contribution in [2.75, 3.05) is 0 Å². The van der Waals surface area contributed by atoms with E-state index in [1.54, 1.807) is 11.3 Å². The maximum absolute atomic E-state index is 12.4. The van der Waals surface area contributed by atoms with Crippen LogP contribution in [0, 0.1) is 12.8 Å². The van der Waals surface area contributed by atoms with Gasteiger partial charge in [-0.3, -0.25) is 4.79 Å². The number of aliphatic hydroxyl groups is 1. The fraction of sp³-hybridized carbons (Fsp3) is 0.474. The molecule has 0 radical (unpaired) electrons. The summed E-state index contributed by atoms with van der Waals surface area (Å²) in [6.45, 7) is 1.98. The Labute approximate surface area is 146 Å². The van der Waals surface area contributed by atoms with Crippen molar-refractivity contribution in [1.82, 2.24) is 10.3 Å². The van der Waals surface area contributed by atoms with Gasteiger partial charge >= 0.3 is 0 Å². The van der Waals surface area contributed by atoms with Crippen LogP contribution in [-0.4, -0.2) is 28.1 Å². The van der Waals surface area contributed by atoms with Crippen molar-refractivity contribution in [3.05, 3.63) is 52.0 Å². The summed E-state index contributed by atoms with van der Waals surface area (Å²) in [6.07, 6.45) is 3.42. The van der Waals surface area contributed by atoms with Crippen molar-refractivity contribution in [3.8, 4) is 0 Å². The molecule has 1 aromatic carbocycles. The molecule has 0 aliphatic heterocycles. The minimum absolute atomic E-state index is 0.0881. The van der Waals surface area contributed by atoms with Crippen LogP contribution >= 0.6 is 11.3 Å². The lowest BCUT2D eigenvalue weighted by Gasteiger charge is -2.38. The van der Waals surface area contributed by atoms with Crippen molar-refractivity contribution >= 4 is 17.2 Å². The standard InChI is InChI=1S/C19H24N2O2S/c1-13-18(24-12-20-13)7-8-19(23)21-17(15-10-16(22)11-15)9-14-5-3-2-4-6-14/h2-6,12,15-17,22H,7-11H2,1H3,(H,21,23)/t15?,16?,17-/m0/s1. The smallest absolute Gasteiger partial charge is 0.220 e. The highest BCUT2D eigenvalue weighted by Gasteiger charge is 2.34. The molecule has 0 spiro atoms. The zero-order chi connectivity index (χ0) is 16.9. The van der Waals surface area contributed by atoms with Crippen LogP contribution in [0.1, 0.15) is 35.4 Å². The molecule has 0 unspecified atom stereocenters. The Morgan fingerprint density at radius 3 is 2.75 bits per heavy atom. The predicted octanol–water partition coefficient (Wildman–Crippen LogP) is 2.88. The van der Waals surface area contributed by atoms with Gasteiger partial charge in [-0.15, -0.1) is 11.3 Å². The number of carbonyl (C=O) groups is 1. The molecule has 2 aromatic rings. The van der Waals surface area contributed by atoms with Gasteiger partial charge in [-0.2, -0.15) is 0 Å². The van der Waals surface area contributed by atoms with Crippen LogP contribution < -0.4 is 5.32 Å². The molecule has 1 fully saturated rings. The van der Waals surface area contributed by atoms with Gasteiger partial charge in [0.15, 0.2) is 0 Å². The average Bonchev–Trinajstić information content (AvgIpc) is 2.95. The normalized spacial score (nSPS) is 21.1. The molecule has 4 nitrogen and oxygen atoms in total. The Balaban J connectivity index is 1.56. The zero-order valence-corrected chi connectivity index (χ0v) is 14.8. The molecule has 1 atom stereocenters. The lowest BCUT2D eigenvalue weighted by Crippen LogP contribution is -2.48. The van der Waals surface area contributed by atoms with Crippen LogP contribution in [0.4, 0.5) is 0 Å². The fourth-order valence-corrected chi connectivity index (χ4v) is 4.02. The summed E-state index contributed by atoms with van der Waals surface area (Å²) >= 11 is 1.61. The van der Waals surface area contributed by atoms with Crippen molar-refractivity contribution in [2.45, 2.75) is 51.2 Å². The summed E-state index contributed by atoms with van der Waals surface area (Å²) in [5, 5.41) is 12.8. The predicted molar refractivity (Wildman–Crippen MR) is 96.0 cm³/mol. The molecule has 1 aromatic heterocycles. The van der Waals surface area contributed by atoms with E-state index in [-0.39, 0.29) is 18.1 Å². The molecule has 1 aliphatic carbocycles. The van der Waals surface area contributed by atoms with Crippen LogP contribution in [0.25, 0.3) is 0 Å². The average molecular weight is 344 g/mol. The number of hydrogen-bond acceptors (Lipinski definition) is 4. The first-order valence-electron chi connectivity index (χ1n) is 8.52. The third kappa shape index (κ3) is 4.42. The highest BCUT2D eigenvalue weighted by molar-refractivity contribution is 7.09. The Bertz CT molecular complexity index is 665. The van der Waals surface area contributed by atoms with Gasteiger partial charge in [0.1, 0.15) is 0 Å². The lowest BCUT2D eigenvalue weighted by molar-refractivity contribution is -0.122. The van der Waals surface area contributed by atoms with E-state index in [2.05, 4.69) is 22.4 Å². The Hall–Kier alpha value is -1.72. The van der Waals surface area contributed by atoms with E-state index in [4.69, 9.17) is 0 Å². The van der Waals surface area contributed by atoms with Crippen LogP contribution in [0.15, 0.2) is 35.8 Å². The van der Waals surface area contributed by atoms with Crippen molar-refractivity contribution < 1.29 is 9.90 Å². The van der Waals surface area contributed by atoms with E-state index in [0.717, 1.165) is 31.4 Å². The lowest BCUT2D eigenvalue weighted by atomic mass is 9.75. The minimum Gasteiger partial charge on any atom is -0.393 e. The number of aromatic nitrogens is 1. The van der Waals surface area contributed by atoms with Gasteiger partial charge in [-0.25, -0.2) is 4.98 Å². The Kier molecular flexibility index (Phi) is 5.63. The molecule has 1 saturated carbocycles. The van der Waals surface area contributed by atoms with E-state index >= 15 is 0 Å². The number of aryl methyl sites for hydroxylation is 2. The molecule has 24 heavy (non-hydrogen) atoms. The number of hydrogen-bond donors (Lipinski definition) is 2. The van der Waals surface area contributed by atoms with E-state index < -0.39 is 0 Å². The van der Waals surface area contributed by atoms with Crippen LogP contribution in [0.2, 0.25) is 0 Å². The molecule has 1 aliphatic rings. The Morgan fingerprint density at radius 2 is 2.12 bits per heavy atom. The second-order valence-electron chi connectivity index (χ2n) is 6.61. The van der Waals surface area contributed by atoms with Gasteiger partial charge in [0.05, 0.1) is 17.3 Å². The minimum atomic E-state index is -0.204. The summed E-state index contributed by atoms with van der Waals surface area (Å²) in [6, 6.07) is 10.3. The van der Waals surface area contributed by atoms with Crippen molar-refractivity contribution in [2.24, 2.45) is 5.92 Å². The van der Waals surface area contributed by atoms with Gasteiger partial charge < -0.3 is 10.4 Å². The first kappa shape index (κ1) is 17.1. The molecule has 1 heterocycles. The number of rotatable bonds is 7. The molecule has 0 saturated heterocycles. The van der Waals surface area contributed by atoms with Crippen molar-refractivity contribution in [1.29, 1.82) is 0 Å². The molecule has 1 amide bonds. The largest absolute Gasteiger partial charge is 0.393 e. The van der Waals surface area contributed by atoms with E-state index in [1.807, 2.05) is 30.6 Å². The number of thiazole rings is 1. The van der Waals surface area contributed by atoms with E-state index in [1.165, 1.54) is 10.4 Å². The first-order chi connectivity index (χ1) is 11.6. The van der Waals surface area contributed by atoms with Crippen LogP contribution in [-0.2, 0) is 17.6 Å². The summed E-state index contributed by atoms with van der Waals surface area (Å²) in [5.74, 6) is 0.458. The van der Waals surface area contributed by atoms with Crippen LogP contribution in [0.5, 0.6) is 0 Å². The number of nitrogens with zero attached hydrogens (tertiary/aromatic N) is 1. The number of nitrogens with one attached hydrogen (secondary N) is 1. The third-order valence-electron chi connectivity index (χ3n) is 4.79. The fourth-order valence-electron chi connectivity index (χ4n) is 3.23. The quantitative estimate of drug-likeness (QED) is 0.812. The maximum atomic E-state index is 12.4. The second kappa shape index (κ2) is 7.90. The molecule has 128 valence electrons. The highest BCUT2D eigenvalue weighted by atomic mass is 32.1. The van der Waals surface area contributed by atoms with E-state index in [0.29, 0.717) is 12.3 Å². The SMILES string of the molecule is Cc1ncsc1CCC(=O)N[C@@H](Cc1ccccc1)C1CC(O)C1. The number of carbonyl (C=O) groups excluding carboxylic acids is 1. The van der Waals surface area contributed by atoms with Gasteiger partial charge in [-0.1, -0.05) is 30.3 Å². The highest BCUT2D eigenvalue weighted by Crippen LogP contribution is 2.31. The van der Waals surface area contributed by atoms with Gasteiger partial charge in [0, 0.05) is 17.3 Å². The molecular formula is C19H24N2O2S. The summed E-state index contributed by atoms with van der Waals surface area (Å²) in [5.41, 5.74) is 4.08. The monoisotopic (exact) mass is 344 g/mol. The number of amides is 1. The molecule has 5 heteroatoms. The summed E-state index contributed by atoms with van der Waals surface area (Å²) < 4.78 is 0. The summed E-state index contributed by atoms with van der Waals surface area (Å²) in [7, 11) is 0. The topological polar surface area (TPSA) is 62.2 Å². The van der Waals surface area contributed by atoms with Gasteiger partial charge in [0.2, 0.25) is 5.91 Å². The van der Waals surface area contributed by atoms with Crippen LogP contribution in [0.3, 0.4) is 0 Å². The molecule has 2 N–H and O–H groups in total. The van der Waals surface area contributed by atoms with Gasteiger partial charge in [0.25, 0.3) is 0 Å². The number of benzene rings is 1. The van der Waals surface area contributed by atoms with Crippen molar-refractivity contribution in [3.63, 3.8) is 0 Å². The maximum Gasteiger partial charge on any atom is 0.220 e. The Morgan fingerprint density at radius 1 is 1.38 bits per heavy atom. The zero-order valence-electron chi connectivity index (χ0n) is 13.9. The van der Waals surface area contributed by atoms with Gasteiger partial charge in [-0.05, 0) is 44.1 Å². The van der Waals surface area contributed by atoms with E-state index in [9.17, 15) is 9.90 Å². The second-order valence-corrected chi connectivity index (χ2v) is 7.55.